The molecule has 1 N–H and O–H groups in total. The minimum Gasteiger partial charge on any atom is -0.356 e. The van der Waals surface area contributed by atoms with Crippen molar-refractivity contribution in [2.75, 3.05) is 6.54 Å². The Balaban J connectivity index is 2.01. The van der Waals surface area contributed by atoms with Crippen LogP contribution in [0.1, 0.15) is 37.8 Å². The molecule has 1 aliphatic heterocycles. The first-order chi connectivity index (χ1) is 9.68. The number of carbonyl (C=O) groups is 1. The number of hydrogen-bond acceptors (Lipinski definition) is 1. The van der Waals surface area contributed by atoms with Gasteiger partial charge in [-0.3, -0.25) is 4.79 Å². The molecule has 0 saturated carbocycles. The summed E-state index contributed by atoms with van der Waals surface area (Å²) in [4.78, 5) is 11.3. The van der Waals surface area contributed by atoms with Crippen molar-refractivity contribution in [3.05, 3.63) is 35.4 Å². The summed E-state index contributed by atoms with van der Waals surface area (Å²) in [5.74, 6) is 0.308. The zero-order valence-corrected chi connectivity index (χ0v) is 12.3. The van der Waals surface area contributed by atoms with Gasteiger partial charge in [-0.15, -0.1) is 0 Å². The Hall–Kier alpha value is -1.52. The van der Waals surface area contributed by atoms with Gasteiger partial charge in [-0.2, -0.15) is 13.2 Å². The van der Waals surface area contributed by atoms with E-state index >= 15 is 0 Å². The summed E-state index contributed by atoms with van der Waals surface area (Å²) in [5.41, 5.74) is 0.0126. The third-order valence-electron chi connectivity index (χ3n) is 4.39. The number of aryl methyl sites for hydroxylation is 1. The van der Waals surface area contributed by atoms with Crippen LogP contribution >= 0.6 is 0 Å². The second-order valence-corrected chi connectivity index (χ2v) is 6.39. The molecular weight excluding hydrogens is 279 g/mol. The lowest BCUT2D eigenvalue weighted by molar-refractivity contribution is -0.137. The van der Waals surface area contributed by atoms with Crippen LogP contribution in [0.25, 0.3) is 0 Å². The second kappa shape index (κ2) is 5.70. The normalized spacial score (nSPS) is 19.7. The van der Waals surface area contributed by atoms with E-state index in [4.69, 9.17) is 0 Å². The van der Waals surface area contributed by atoms with Gasteiger partial charge in [0.15, 0.2) is 0 Å². The molecule has 1 amide bonds. The maximum Gasteiger partial charge on any atom is 0.416 e. The fraction of sp³-hybridized carbons (Fsp3) is 0.562. The Morgan fingerprint density at radius 3 is 2.57 bits per heavy atom. The third kappa shape index (κ3) is 3.99. The summed E-state index contributed by atoms with van der Waals surface area (Å²) >= 11 is 0. The van der Waals surface area contributed by atoms with Gasteiger partial charge in [-0.1, -0.05) is 32.0 Å². The monoisotopic (exact) mass is 299 g/mol. The van der Waals surface area contributed by atoms with Crippen molar-refractivity contribution in [2.45, 2.75) is 39.3 Å². The summed E-state index contributed by atoms with van der Waals surface area (Å²) in [6.07, 6.45) is -2.45. The molecule has 21 heavy (non-hydrogen) atoms. The molecule has 1 aliphatic rings. The largest absolute Gasteiger partial charge is 0.416 e. The van der Waals surface area contributed by atoms with Gasteiger partial charge in [-0.25, -0.2) is 0 Å². The number of amides is 1. The molecular formula is C16H20F3NO. The first kappa shape index (κ1) is 15.9. The summed E-state index contributed by atoms with van der Waals surface area (Å²) in [5, 5.41) is 2.82. The highest BCUT2D eigenvalue weighted by Crippen LogP contribution is 2.36. The Bertz CT molecular complexity index is 522. The molecule has 5 heteroatoms. The first-order valence-corrected chi connectivity index (χ1v) is 7.11. The van der Waals surface area contributed by atoms with Gasteiger partial charge >= 0.3 is 6.18 Å². The molecule has 1 heterocycles. The van der Waals surface area contributed by atoms with Crippen molar-refractivity contribution in [1.82, 2.24) is 5.32 Å². The molecule has 0 spiro atoms. The topological polar surface area (TPSA) is 29.1 Å². The van der Waals surface area contributed by atoms with E-state index in [2.05, 4.69) is 19.2 Å². The lowest BCUT2D eigenvalue weighted by atomic mass is 9.74. The molecule has 0 aromatic heterocycles. The zero-order chi connectivity index (χ0) is 15.7. The highest BCUT2D eigenvalue weighted by Gasteiger charge is 2.35. The molecule has 1 aromatic carbocycles. The van der Waals surface area contributed by atoms with Gasteiger partial charge in [-0.05, 0) is 35.8 Å². The van der Waals surface area contributed by atoms with Crippen LogP contribution < -0.4 is 5.32 Å². The number of rotatable bonds is 4. The number of halogens is 3. The smallest absolute Gasteiger partial charge is 0.356 e. The Labute approximate surface area is 122 Å². The Morgan fingerprint density at radius 2 is 2.00 bits per heavy atom. The molecule has 1 fully saturated rings. The summed E-state index contributed by atoms with van der Waals surface area (Å²) in [7, 11) is 0. The summed E-state index contributed by atoms with van der Waals surface area (Å²) in [6.45, 7) is 4.81. The third-order valence-corrected chi connectivity index (χ3v) is 4.39. The maximum atomic E-state index is 12.7. The van der Waals surface area contributed by atoms with Crippen LogP contribution in [0.5, 0.6) is 0 Å². The quantitative estimate of drug-likeness (QED) is 0.900. The van der Waals surface area contributed by atoms with E-state index in [0.29, 0.717) is 24.9 Å². The fourth-order valence-electron chi connectivity index (χ4n) is 2.73. The van der Waals surface area contributed by atoms with Gasteiger partial charge in [0.25, 0.3) is 0 Å². The Morgan fingerprint density at radius 1 is 1.29 bits per heavy atom. The van der Waals surface area contributed by atoms with Crippen molar-refractivity contribution < 1.29 is 18.0 Å². The van der Waals surface area contributed by atoms with E-state index in [1.165, 1.54) is 12.1 Å². The molecule has 0 aliphatic carbocycles. The van der Waals surface area contributed by atoms with Crippen molar-refractivity contribution in [2.24, 2.45) is 11.3 Å². The van der Waals surface area contributed by atoms with Crippen molar-refractivity contribution >= 4 is 5.91 Å². The molecule has 0 unspecified atom stereocenters. The summed E-state index contributed by atoms with van der Waals surface area (Å²) < 4.78 is 38.1. The van der Waals surface area contributed by atoms with Gasteiger partial charge in [0.1, 0.15) is 0 Å². The predicted molar refractivity (Wildman–Crippen MR) is 74.7 cm³/mol. The van der Waals surface area contributed by atoms with Gasteiger partial charge in [0, 0.05) is 13.0 Å². The molecule has 1 aromatic rings. The Kier molecular flexibility index (Phi) is 4.30. The van der Waals surface area contributed by atoms with Crippen molar-refractivity contribution in [3.8, 4) is 0 Å². The number of nitrogens with one attached hydrogen (secondary N) is 1. The average molecular weight is 299 g/mol. The van der Waals surface area contributed by atoms with Crippen LogP contribution in [0, 0.1) is 11.3 Å². The number of benzene rings is 1. The molecule has 116 valence electrons. The fourth-order valence-corrected chi connectivity index (χ4v) is 2.73. The highest BCUT2D eigenvalue weighted by molar-refractivity contribution is 5.78. The maximum absolute atomic E-state index is 12.7. The molecule has 1 atom stereocenters. The van der Waals surface area contributed by atoms with E-state index in [1.807, 2.05) is 0 Å². The van der Waals surface area contributed by atoms with E-state index in [1.54, 1.807) is 6.07 Å². The van der Waals surface area contributed by atoms with E-state index in [9.17, 15) is 18.0 Å². The summed E-state index contributed by atoms with van der Waals surface area (Å²) in [6, 6.07) is 5.48. The highest BCUT2D eigenvalue weighted by atomic mass is 19.4. The van der Waals surface area contributed by atoms with Crippen LogP contribution in [0.2, 0.25) is 0 Å². The van der Waals surface area contributed by atoms with Gasteiger partial charge in [0.2, 0.25) is 5.91 Å². The van der Waals surface area contributed by atoms with Gasteiger partial charge < -0.3 is 5.32 Å². The molecule has 2 rings (SSSR count). The lowest BCUT2D eigenvalue weighted by Gasteiger charge is -2.30. The van der Waals surface area contributed by atoms with Crippen LogP contribution in [-0.4, -0.2) is 12.5 Å². The molecule has 0 radical (unpaired) electrons. The zero-order valence-electron chi connectivity index (χ0n) is 12.3. The number of hydrogen-bond donors (Lipinski definition) is 1. The minimum absolute atomic E-state index is 0.0622. The van der Waals surface area contributed by atoms with Crippen molar-refractivity contribution in [3.63, 3.8) is 0 Å². The van der Waals surface area contributed by atoms with Gasteiger partial charge in [0.05, 0.1) is 5.56 Å². The number of carbonyl (C=O) groups excluding carboxylic acids is 1. The second-order valence-electron chi connectivity index (χ2n) is 6.39. The van der Waals surface area contributed by atoms with Crippen LogP contribution in [0.15, 0.2) is 24.3 Å². The molecule has 2 nitrogen and oxygen atoms in total. The number of alkyl halides is 3. The van der Waals surface area contributed by atoms with E-state index < -0.39 is 11.7 Å². The SMILES string of the molecule is CC(C)(CCc1cccc(C(F)(F)F)c1)[C@@H]1CNC(=O)C1. The predicted octanol–water partition coefficient (Wildman–Crippen LogP) is 3.80. The minimum atomic E-state index is -4.30. The first-order valence-electron chi connectivity index (χ1n) is 7.11. The van der Waals surface area contributed by atoms with Crippen LogP contribution in [0.3, 0.4) is 0 Å². The van der Waals surface area contributed by atoms with Crippen LogP contribution in [0.4, 0.5) is 13.2 Å². The van der Waals surface area contributed by atoms with Crippen molar-refractivity contribution in [1.29, 1.82) is 0 Å². The molecule has 1 saturated heterocycles. The lowest BCUT2D eigenvalue weighted by Crippen LogP contribution is -2.26. The standard InChI is InChI=1S/C16H20F3NO/c1-15(2,13-9-14(21)20-10-13)7-6-11-4-3-5-12(8-11)16(17,18)19/h3-5,8,13H,6-7,9-10H2,1-2H3,(H,20,21)/t13-/m0/s1. The van der Waals surface area contributed by atoms with E-state index in [-0.39, 0.29) is 17.2 Å². The average Bonchev–Trinajstić information content (AvgIpc) is 2.83. The molecule has 0 bridgehead atoms. The van der Waals surface area contributed by atoms with E-state index in [0.717, 1.165) is 12.5 Å². The van der Waals surface area contributed by atoms with Crippen LogP contribution in [-0.2, 0) is 17.4 Å².